The van der Waals surface area contributed by atoms with Crippen molar-refractivity contribution in [3.8, 4) is 17.1 Å². The molecular formula is C25H29N9O3. The van der Waals surface area contributed by atoms with Crippen molar-refractivity contribution >= 4 is 28.9 Å². The van der Waals surface area contributed by atoms with Gasteiger partial charge in [0.15, 0.2) is 0 Å². The van der Waals surface area contributed by atoms with Crippen LogP contribution in [0.4, 0.5) is 10.6 Å². The number of para-hydroxylation sites is 1. The van der Waals surface area contributed by atoms with Gasteiger partial charge in [-0.3, -0.25) is 15.3 Å². The summed E-state index contributed by atoms with van der Waals surface area (Å²) in [6.07, 6.45) is 2.87. The molecule has 1 amide bonds. The van der Waals surface area contributed by atoms with Crippen LogP contribution < -0.4 is 21.7 Å². The predicted molar refractivity (Wildman–Crippen MR) is 140 cm³/mol. The molecule has 12 nitrogen and oxygen atoms in total. The number of benzene rings is 1. The first kappa shape index (κ1) is 25.4. The first-order valence-corrected chi connectivity index (χ1v) is 11.4. The number of nitrogens with one attached hydrogen (secondary N) is 1. The van der Waals surface area contributed by atoms with Gasteiger partial charge < -0.3 is 15.3 Å². The van der Waals surface area contributed by atoms with Gasteiger partial charge in [-0.2, -0.15) is 4.98 Å². The second-order valence-electron chi connectivity index (χ2n) is 9.11. The molecule has 0 radical (unpaired) electrons. The Labute approximate surface area is 213 Å². The highest BCUT2D eigenvalue weighted by Gasteiger charge is 2.22. The fourth-order valence-electron chi connectivity index (χ4n) is 3.61. The molecule has 1 aromatic carbocycles. The number of hydrogen-bond donors (Lipinski definition) is 3. The van der Waals surface area contributed by atoms with E-state index in [9.17, 15) is 4.79 Å². The zero-order valence-corrected chi connectivity index (χ0v) is 21.0. The Kier molecular flexibility index (Phi) is 7.20. The van der Waals surface area contributed by atoms with Gasteiger partial charge >= 0.3 is 12.1 Å². The summed E-state index contributed by atoms with van der Waals surface area (Å²) >= 11 is 0. The fraction of sp³-hybridized carbons (Fsp3) is 0.240. The van der Waals surface area contributed by atoms with E-state index in [1.165, 1.54) is 5.01 Å². The van der Waals surface area contributed by atoms with Crippen LogP contribution in [0.1, 0.15) is 26.5 Å². The van der Waals surface area contributed by atoms with Crippen molar-refractivity contribution in [3.05, 3.63) is 66.6 Å². The Morgan fingerprint density at radius 2 is 1.92 bits per heavy atom. The lowest BCUT2D eigenvalue weighted by Gasteiger charge is -2.19. The van der Waals surface area contributed by atoms with E-state index in [0.29, 0.717) is 22.5 Å². The zero-order chi connectivity index (χ0) is 26.6. The normalized spacial score (nSPS) is 11.9. The number of pyridine rings is 2. The third-order valence-corrected chi connectivity index (χ3v) is 5.04. The number of aromatic nitrogens is 4. The summed E-state index contributed by atoms with van der Waals surface area (Å²) in [7, 11) is 1.61. The van der Waals surface area contributed by atoms with Crippen LogP contribution in [0.5, 0.6) is 6.01 Å². The summed E-state index contributed by atoms with van der Waals surface area (Å²) in [6, 6.07) is 14.9. The van der Waals surface area contributed by atoms with E-state index < -0.39 is 11.7 Å². The molecule has 4 aromatic rings. The van der Waals surface area contributed by atoms with Crippen molar-refractivity contribution in [1.82, 2.24) is 24.5 Å². The first-order valence-electron chi connectivity index (χ1n) is 11.4. The van der Waals surface area contributed by atoms with E-state index in [-0.39, 0.29) is 18.6 Å². The number of imidazole rings is 1. The molecule has 0 spiro atoms. The maximum atomic E-state index is 12.1. The van der Waals surface area contributed by atoms with Gasteiger partial charge in [0, 0.05) is 30.6 Å². The monoisotopic (exact) mass is 503 g/mol. The van der Waals surface area contributed by atoms with Gasteiger partial charge in [-0.05, 0) is 45.0 Å². The number of hydrazine groups is 1. The first-order chi connectivity index (χ1) is 17.7. The number of fused-ring (bicyclic) bond motifs is 1. The van der Waals surface area contributed by atoms with Gasteiger partial charge in [0.05, 0.1) is 11.2 Å². The van der Waals surface area contributed by atoms with Crippen LogP contribution >= 0.6 is 0 Å². The van der Waals surface area contributed by atoms with E-state index in [1.807, 2.05) is 30.3 Å². The molecule has 5 N–H and O–H groups in total. The molecule has 0 saturated heterocycles. The highest BCUT2D eigenvalue weighted by atomic mass is 16.6. The Morgan fingerprint density at radius 3 is 2.59 bits per heavy atom. The quantitative estimate of drug-likeness (QED) is 0.161. The van der Waals surface area contributed by atoms with Crippen molar-refractivity contribution in [2.75, 3.05) is 12.4 Å². The lowest BCUT2D eigenvalue weighted by Crippen LogP contribution is -2.39. The summed E-state index contributed by atoms with van der Waals surface area (Å²) in [5.41, 5.74) is 3.00. The van der Waals surface area contributed by atoms with Gasteiger partial charge in [0.25, 0.3) is 0 Å². The van der Waals surface area contributed by atoms with E-state index in [1.54, 1.807) is 63.0 Å². The summed E-state index contributed by atoms with van der Waals surface area (Å²) < 4.78 is 13.0. The van der Waals surface area contributed by atoms with Gasteiger partial charge in [-0.15, -0.1) is 5.10 Å². The number of rotatable bonds is 5. The van der Waals surface area contributed by atoms with Crippen LogP contribution in [0, 0.1) is 0 Å². The van der Waals surface area contributed by atoms with E-state index in [4.69, 9.17) is 26.1 Å². The summed E-state index contributed by atoms with van der Waals surface area (Å²) in [5, 5.41) is 7.74. The lowest BCUT2D eigenvalue weighted by molar-refractivity contribution is 0.0635. The number of carbonyl (C=O) groups is 1. The largest absolute Gasteiger partial charge is 0.458 e. The topological polar surface area (TPSA) is 159 Å². The van der Waals surface area contributed by atoms with Crippen LogP contribution in [0.3, 0.4) is 0 Å². The number of carbonyl (C=O) groups excluding carboxylic acids is 1. The number of nitrogens with two attached hydrogens (primary N) is 2. The van der Waals surface area contributed by atoms with Crippen molar-refractivity contribution < 1.29 is 14.3 Å². The Bertz CT molecular complexity index is 1430. The van der Waals surface area contributed by atoms with Crippen molar-refractivity contribution in [3.63, 3.8) is 0 Å². The zero-order valence-electron chi connectivity index (χ0n) is 21.0. The summed E-state index contributed by atoms with van der Waals surface area (Å²) in [6.45, 7) is 5.40. The third kappa shape index (κ3) is 5.93. The molecule has 0 aliphatic heterocycles. The molecule has 192 valence electrons. The summed E-state index contributed by atoms with van der Waals surface area (Å²) in [4.78, 5) is 25.5. The molecule has 0 unspecified atom stereocenters. The molecule has 0 fully saturated rings. The van der Waals surface area contributed by atoms with Crippen LogP contribution in [0.25, 0.3) is 22.2 Å². The minimum absolute atomic E-state index is 0.0432. The fourth-order valence-corrected chi connectivity index (χ4v) is 3.61. The maximum Gasteiger partial charge on any atom is 0.413 e. The third-order valence-electron chi connectivity index (χ3n) is 5.04. The summed E-state index contributed by atoms with van der Waals surface area (Å²) in [5.74, 6) is 12.2. The predicted octanol–water partition coefficient (Wildman–Crippen LogP) is 3.30. The minimum atomic E-state index is -0.628. The highest BCUT2D eigenvalue weighted by molar-refractivity contribution is 5.99. The average Bonchev–Trinajstić information content (AvgIpc) is 3.21. The second-order valence-corrected chi connectivity index (χ2v) is 9.11. The van der Waals surface area contributed by atoms with Gasteiger partial charge in [0.1, 0.15) is 23.5 Å². The number of hydrazone groups is 1. The minimum Gasteiger partial charge on any atom is -0.458 e. The number of anilines is 1. The van der Waals surface area contributed by atoms with Gasteiger partial charge in [-0.25, -0.2) is 20.2 Å². The number of nitrogens with zero attached hydrogens (tertiary/aromatic N) is 6. The van der Waals surface area contributed by atoms with Crippen molar-refractivity contribution in [2.24, 2.45) is 16.8 Å². The highest BCUT2D eigenvalue weighted by Crippen LogP contribution is 2.31. The molecule has 0 saturated carbocycles. The Morgan fingerprint density at radius 1 is 1.14 bits per heavy atom. The van der Waals surface area contributed by atoms with Crippen LogP contribution in [0.2, 0.25) is 0 Å². The Hall–Kier alpha value is -4.71. The molecule has 37 heavy (non-hydrogen) atoms. The molecule has 4 rings (SSSR count). The van der Waals surface area contributed by atoms with Gasteiger partial charge in [-0.1, -0.05) is 24.3 Å². The van der Waals surface area contributed by atoms with E-state index in [0.717, 1.165) is 11.1 Å². The van der Waals surface area contributed by atoms with Crippen LogP contribution in [0.15, 0.2) is 66.0 Å². The maximum absolute atomic E-state index is 12.1. The number of ether oxygens (including phenoxy) is 2. The van der Waals surface area contributed by atoms with Crippen molar-refractivity contribution in [1.29, 1.82) is 0 Å². The molecule has 0 bridgehead atoms. The molecule has 0 aliphatic rings. The molecule has 0 atom stereocenters. The average molecular weight is 504 g/mol. The Balaban J connectivity index is 1.67. The van der Waals surface area contributed by atoms with Crippen LogP contribution in [-0.4, -0.2) is 49.2 Å². The van der Waals surface area contributed by atoms with E-state index in [2.05, 4.69) is 20.4 Å². The van der Waals surface area contributed by atoms with E-state index >= 15 is 0 Å². The molecule has 12 heteroatoms. The molecule has 3 aromatic heterocycles. The SMILES string of the molecule is CN(N)/C(=N\N)n1c(OCc2cccc(NC(=O)OC(C)(C)C)n2)nc2c(-c3cccnc3)cccc21. The standard InChI is InChI=1S/C25H29N9O3/c1-25(2,3)37-24(35)30-20-12-5-9-17(29-20)15-36-23-31-21-18(16-8-7-13-28-14-16)10-6-11-19(21)34(23)22(32-26)33(4)27/h5-14H,15,26-27H2,1-4H3,(H,29,30,35)/b32-22+. The molecule has 3 heterocycles. The smallest absolute Gasteiger partial charge is 0.413 e. The second kappa shape index (κ2) is 10.5. The van der Waals surface area contributed by atoms with Crippen molar-refractivity contribution in [2.45, 2.75) is 33.0 Å². The van der Waals surface area contributed by atoms with Gasteiger partial charge in [0.2, 0.25) is 5.96 Å². The number of hydrogen-bond acceptors (Lipinski definition) is 9. The number of amides is 1. The molecular weight excluding hydrogens is 474 g/mol. The van der Waals surface area contributed by atoms with Crippen LogP contribution in [-0.2, 0) is 11.3 Å². The molecule has 0 aliphatic carbocycles. The lowest BCUT2D eigenvalue weighted by atomic mass is 10.1.